The van der Waals surface area contributed by atoms with E-state index in [0.717, 1.165) is 10.3 Å². The average molecular weight is 318 g/mol. The minimum absolute atomic E-state index is 0.753. The van der Waals surface area contributed by atoms with Gasteiger partial charge in [-0.3, -0.25) is 0 Å². The van der Waals surface area contributed by atoms with Gasteiger partial charge in [-0.05, 0) is 39.5 Å². The average Bonchev–Trinajstić information content (AvgIpc) is 2.15. The summed E-state index contributed by atoms with van der Waals surface area (Å²) in [5, 5.41) is 0. The molecule has 0 spiro atoms. The lowest BCUT2D eigenvalue weighted by Gasteiger charge is -2.04. The van der Waals surface area contributed by atoms with Crippen molar-refractivity contribution in [3.8, 4) is 0 Å². The molecule has 86 valence electrons. The Kier molecular flexibility index (Phi) is 9.17. The smallest absolute Gasteiger partial charge is 0.0181 e. The molecule has 0 aliphatic carbocycles. The molecular formula is C14H23I. The number of halogens is 1. The summed E-state index contributed by atoms with van der Waals surface area (Å²) >= 11 is 2.37. The molecule has 0 rings (SSSR count). The molecule has 0 aliphatic heterocycles. The van der Waals surface area contributed by atoms with Crippen LogP contribution < -0.4 is 0 Å². The Labute approximate surface area is 109 Å². The minimum atomic E-state index is 0.753. The fourth-order valence-corrected chi connectivity index (χ4v) is 1.90. The van der Waals surface area contributed by atoms with Gasteiger partial charge in [-0.25, -0.2) is 0 Å². The van der Waals surface area contributed by atoms with Crippen molar-refractivity contribution in [3.05, 3.63) is 35.5 Å². The highest BCUT2D eigenvalue weighted by Gasteiger charge is 1.96. The van der Waals surface area contributed by atoms with Gasteiger partial charge in [0.05, 0.1) is 0 Å². The first kappa shape index (κ1) is 14.9. The van der Waals surface area contributed by atoms with Crippen LogP contribution in [0.25, 0.3) is 0 Å². The van der Waals surface area contributed by atoms with Gasteiger partial charge in [-0.15, -0.1) is 0 Å². The first-order valence-electron chi connectivity index (χ1n) is 5.59. The first-order valence-corrected chi connectivity index (χ1v) is 7.11. The Balaban J connectivity index is 3.85. The molecule has 0 aromatic heterocycles. The molecule has 0 aromatic rings. The highest BCUT2D eigenvalue weighted by atomic mass is 127. The molecule has 0 saturated heterocycles. The Hall–Kier alpha value is -0.0500. The third-order valence-electron chi connectivity index (χ3n) is 2.25. The van der Waals surface area contributed by atoms with Crippen LogP contribution in [0.2, 0.25) is 0 Å². The monoisotopic (exact) mass is 318 g/mol. The Bertz CT molecular complexity index is 242. The number of rotatable bonds is 6. The van der Waals surface area contributed by atoms with Crippen LogP contribution >= 0.6 is 22.6 Å². The standard InChI is InChI=1S/C14H23I/c1-12(2)8-9-13(3)6-5-7-14(4)10-11-15/h5,7-8,10,13H,6,9,11H2,1-4H3. The lowest BCUT2D eigenvalue weighted by molar-refractivity contribution is 0.601. The molecule has 0 saturated carbocycles. The summed E-state index contributed by atoms with van der Waals surface area (Å²) in [6, 6.07) is 0. The molecule has 1 heteroatoms. The number of hydrogen-bond acceptors (Lipinski definition) is 0. The van der Waals surface area contributed by atoms with Gasteiger partial charge in [-0.1, -0.05) is 65.0 Å². The van der Waals surface area contributed by atoms with Crippen molar-refractivity contribution in [3.63, 3.8) is 0 Å². The predicted octanol–water partition coefficient (Wildman–Crippen LogP) is 5.31. The summed E-state index contributed by atoms with van der Waals surface area (Å²) in [7, 11) is 0. The lowest BCUT2D eigenvalue weighted by Crippen LogP contribution is -1.90. The molecule has 0 bridgehead atoms. The van der Waals surface area contributed by atoms with Gasteiger partial charge in [0.2, 0.25) is 0 Å². The van der Waals surface area contributed by atoms with Gasteiger partial charge < -0.3 is 0 Å². The van der Waals surface area contributed by atoms with E-state index in [1.165, 1.54) is 24.0 Å². The van der Waals surface area contributed by atoms with Crippen LogP contribution in [-0.4, -0.2) is 4.43 Å². The van der Waals surface area contributed by atoms with Crippen molar-refractivity contribution in [2.75, 3.05) is 4.43 Å². The summed E-state index contributed by atoms with van der Waals surface area (Å²) in [6.07, 6.45) is 11.5. The molecule has 0 fully saturated rings. The highest BCUT2D eigenvalue weighted by molar-refractivity contribution is 14.1. The van der Waals surface area contributed by atoms with Crippen LogP contribution in [0.1, 0.15) is 40.5 Å². The van der Waals surface area contributed by atoms with E-state index in [9.17, 15) is 0 Å². The SMILES string of the molecule is CC(C)=CCC(C)CC=CC(C)=CCI. The Morgan fingerprint density at radius 3 is 2.33 bits per heavy atom. The second-order valence-corrected chi connectivity index (χ2v) is 5.24. The van der Waals surface area contributed by atoms with E-state index >= 15 is 0 Å². The van der Waals surface area contributed by atoms with Gasteiger partial charge in [0.15, 0.2) is 0 Å². The van der Waals surface area contributed by atoms with Crippen molar-refractivity contribution in [1.82, 2.24) is 0 Å². The van der Waals surface area contributed by atoms with Crippen molar-refractivity contribution in [1.29, 1.82) is 0 Å². The molecule has 15 heavy (non-hydrogen) atoms. The fourth-order valence-electron chi connectivity index (χ4n) is 1.21. The van der Waals surface area contributed by atoms with Gasteiger partial charge >= 0.3 is 0 Å². The molecule has 0 radical (unpaired) electrons. The second-order valence-electron chi connectivity index (χ2n) is 4.36. The topological polar surface area (TPSA) is 0 Å². The van der Waals surface area contributed by atoms with E-state index in [0.29, 0.717) is 0 Å². The zero-order chi connectivity index (χ0) is 11.7. The molecule has 0 aliphatic rings. The maximum Gasteiger partial charge on any atom is 0.0181 e. The summed E-state index contributed by atoms with van der Waals surface area (Å²) < 4.78 is 1.10. The maximum atomic E-state index is 2.37. The van der Waals surface area contributed by atoms with Crippen LogP contribution in [-0.2, 0) is 0 Å². The molecule has 0 aromatic carbocycles. The summed E-state index contributed by atoms with van der Waals surface area (Å²) in [4.78, 5) is 0. The number of alkyl halides is 1. The van der Waals surface area contributed by atoms with Crippen LogP contribution in [0.3, 0.4) is 0 Å². The fraction of sp³-hybridized carbons (Fsp3) is 0.571. The zero-order valence-corrected chi connectivity index (χ0v) is 12.5. The van der Waals surface area contributed by atoms with Crippen molar-refractivity contribution < 1.29 is 0 Å². The summed E-state index contributed by atoms with van der Waals surface area (Å²) in [5.74, 6) is 0.753. The largest absolute Gasteiger partial charge is 0.0856 e. The molecular weight excluding hydrogens is 295 g/mol. The van der Waals surface area contributed by atoms with Gasteiger partial charge in [0.25, 0.3) is 0 Å². The number of allylic oxidation sites excluding steroid dienone is 6. The van der Waals surface area contributed by atoms with E-state index in [1.54, 1.807) is 0 Å². The number of hydrogen-bond donors (Lipinski definition) is 0. The van der Waals surface area contributed by atoms with Gasteiger partial charge in [0, 0.05) is 4.43 Å². The quantitative estimate of drug-likeness (QED) is 0.270. The van der Waals surface area contributed by atoms with E-state index in [4.69, 9.17) is 0 Å². The first-order chi connectivity index (χ1) is 7.06. The molecule has 1 unspecified atom stereocenters. The summed E-state index contributed by atoms with van der Waals surface area (Å²) in [6.45, 7) is 8.79. The third kappa shape index (κ3) is 10.2. The van der Waals surface area contributed by atoms with E-state index in [-0.39, 0.29) is 0 Å². The lowest BCUT2D eigenvalue weighted by atomic mass is 10.0. The van der Waals surface area contributed by atoms with Crippen molar-refractivity contribution in [2.45, 2.75) is 40.5 Å². The molecule has 0 nitrogen and oxygen atoms in total. The van der Waals surface area contributed by atoms with Crippen molar-refractivity contribution in [2.24, 2.45) is 5.92 Å². The third-order valence-corrected chi connectivity index (χ3v) is 2.69. The molecule has 0 N–H and O–H groups in total. The van der Waals surface area contributed by atoms with Crippen LogP contribution in [0.4, 0.5) is 0 Å². The van der Waals surface area contributed by atoms with Crippen LogP contribution in [0, 0.1) is 5.92 Å². The molecule has 1 atom stereocenters. The molecule has 0 heterocycles. The Morgan fingerprint density at radius 1 is 1.13 bits per heavy atom. The highest BCUT2D eigenvalue weighted by Crippen LogP contribution is 2.11. The van der Waals surface area contributed by atoms with Gasteiger partial charge in [0.1, 0.15) is 0 Å². The van der Waals surface area contributed by atoms with Crippen molar-refractivity contribution >= 4 is 22.6 Å². The predicted molar refractivity (Wildman–Crippen MR) is 79.6 cm³/mol. The van der Waals surface area contributed by atoms with E-state index in [1.807, 2.05) is 0 Å². The van der Waals surface area contributed by atoms with Crippen LogP contribution in [0.5, 0.6) is 0 Å². The summed E-state index contributed by atoms with van der Waals surface area (Å²) in [5.41, 5.74) is 2.80. The minimum Gasteiger partial charge on any atom is -0.0856 e. The van der Waals surface area contributed by atoms with Gasteiger partial charge in [-0.2, -0.15) is 0 Å². The van der Waals surface area contributed by atoms with E-state index in [2.05, 4.69) is 74.6 Å². The second kappa shape index (κ2) is 9.20. The normalized spacial score (nSPS) is 14.3. The zero-order valence-electron chi connectivity index (χ0n) is 10.4. The van der Waals surface area contributed by atoms with E-state index < -0.39 is 0 Å². The van der Waals surface area contributed by atoms with Crippen LogP contribution in [0.15, 0.2) is 35.5 Å². The maximum absolute atomic E-state index is 2.37. The Morgan fingerprint density at radius 2 is 1.80 bits per heavy atom. The molecule has 0 amide bonds.